The molecule has 0 saturated heterocycles. The van der Waals surface area contributed by atoms with Crippen LogP contribution in [-0.2, 0) is 11.8 Å². The van der Waals surface area contributed by atoms with Gasteiger partial charge in [-0.3, -0.25) is 4.99 Å². The maximum absolute atomic E-state index is 14.0. The van der Waals surface area contributed by atoms with Crippen molar-refractivity contribution < 1.29 is 4.39 Å². The molecule has 3 rings (SSSR count). The summed E-state index contributed by atoms with van der Waals surface area (Å²) in [7, 11) is 1.76. The quantitative estimate of drug-likeness (QED) is 0.632. The smallest absolute Gasteiger partial charge is 0.191 e. The minimum absolute atomic E-state index is 0.0810. The van der Waals surface area contributed by atoms with Crippen LogP contribution in [0.25, 0.3) is 0 Å². The molecule has 0 aromatic heterocycles. The Morgan fingerprint density at radius 1 is 1.04 bits per heavy atom. The van der Waals surface area contributed by atoms with Crippen LogP contribution in [0.5, 0.6) is 0 Å². The molecule has 0 atom stereocenters. The average Bonchev–Trinajstić information content (AvgIpc) is 3.40. The molecule has 2 aromatic rings. The van der Waals surface area contributed by atoms with Gasteiger partial charge < -0.3 is 10.6 Å². The highest BCUT2D eigenvalue weighted by Crippen LogP contribution is 2.48. The Labute approximate surface area is 143 Å². The predicted molar refractivity (Wildman–Crippen MR) is 96.8 cm³/mol. The molecular weight excluding hydrogens is 301 g/mol. The third kappa shape index (κ3) is 3.94. The third-order valence-electron chi connectivity index (χ3n) is 4.67. The summed E-state index contributed by atoms with van der Waals surface area (Å²) in [4.78, 5) is 4.27. The van der Waals surface area contributed by atoms with Gasteiger partial charge in [-0.15, -0.1) is 0 Å². The second-order valence-corrected chi connectivity index (χ2v) is 6.35. The standard InChI is InChI=1S/C20H24FN3/c1-22-19(23-14-11-16-7-3-2-4-8-16)24-15-20(12-13-20)17-9-5-6-10-18(17)21/h2-10H,11-15H2,1H3,(H2,22,23,24). The Hall–Kier alpha value is -2.36. The highest BCUT2D eigenvalue weighted by molar-refractivity contribution is 5.79. The summed E-state index contributed by atoms with van der Waals surface area (Å²) < 4.78 is 14.0. The van der Waals surface area contributed by atoms with E-state index in [1.54, 1.807) is 19.2 Å². The molecule has 1 aliphatic rings. The normalized spacial score (nSPS) is 15.8. The van der Waals surface area contributed by atoms with Gasteiger partial charge in [-0.05, 0) is 36.5 Å². The van der Waals surface area contributed by atoms with Gasteiger partial charge in [-0.2, -0.15) is 0 Å². The van der Waals surface area contributed by atoms with Crippen LogP contribution in [0.4, 0.5) is 4.39 Å². The molecule has 2 N–H and O–H groups in total. The molecule has 0 heterocycles. The van der Waals surface area contributed by atoms with E-state index in [4.69, 9.17) is 0 Å². The number of aliphatic imine (C=N–C) groups is 1. The molecule has 0 amide bonds. The second kappa shape index (κ2) is 7.47. The molecule has 0 bridgehead atoms. The number of benzene rings is 2. The first-order valence-corrected chi connectivity index (χ1v) is 8.47. The first-order valence-electron chi connectivity index (χ1n) is 8.47. The Balaban J connectivity index is 1.51. The number of hydrogen-bond acceptors (Lipinski definition) is 1. The van der Waals surface area contributed by atoms with Crippen molar-refractivity contribution >= 4 is 5.96 Å². The van der Waals surface area contributed by atoms with E-state index in [0.717, 1.165) is 37.3 Å². The highest BCUT2D eigenvalue weighted by Gasteiger charge is 2.45. The van der Waals surface area contributed by atoms with Crippen LogP contribution in [0, 0.1) is 5.82 Å². The van der Waals surface area contributed by atoms with Crippen molar-refractivity contribution in [3.63, 3.8) is 0 Å². The summed E-state index contributed by atoms with van der Waals surface area (Å²) >= 11 is 0. The molecule has 1 aliphatic carbocycles. The highest BCUT2D eigenvalue weighted by atomic mass is 19.1. The lowest BCUT2D eigenvalue weighted by molar-refractivity contribution is 0.559. The fraction of sp³-hybridized carbons (Fsp3) is 0.350. The lowest BCUT2D eigenvalue weighted by atomic mass is 9.95. The van der Waals surface area contributed by atoms with E-state index in [1.807, 2.05) is 30.3 Å². The SMILES string of the molecule is CN=C(NCCc1ccccc1)NCC1(c2ccccc2F)CC1. The van der Waals surface area contributed by atoms with Crippen molar-refractivity contribution in [3.05, 3.63) is 71.5 Å². The fourth-order valence-electron chi connectivity index (χ4n) is 3.03. The molecular formula is C20H24FN3. The van der Waals surface area contributed by atoms with Gasteiger partial charge in [0.25, 0.3) is 0 Å². The van der Waals surface area contributed by atoms with Crippen molar-refractivity contribution in [2.24, 2.45) is 4.99 Å². The zero-order chi connectivity index (χ0) is 16.8. The van der Waals surface area contributed by atoms with E-state index in [0.29, 0.717) is 6.54 Å². The minimum Gasteiger partial charge on any atom is -0.356 e. The van der Waals surface area contributed by atoms with Crippen LogP contribution >= 0.6 is 0 Å². The molecule has 24 heavy (non-hydrogen) atoms. The van der Waals surface area contributed by atoms with E-state index in [9.17, 15) is 4.39 Å². The number of nitrogens with zero attached hydrogens (tertiary/aromatic N) is 1. The van der Waals surface area contributed by atoms with E-state index in [2.05, 4.69) is 27.8 Å². The zero-order valence-electron chi connectivity index (χ0n) is 14.1. The van der Waals surface area contributed by atoms with Crippen LogP contribution in [0.1, 0.15) is 24.0 Å². The monoisotopic (exact) mass is 325 g/mol. The molecule has 1 saturated carbocycles. The Kier molecular flexibility index (Phi) is 5.14. The lowest BCUT2D eigenvalue weighted by Crippen LogP contribution is -2.42. The third-order valence-corrected chi connectivity index (χ3v) is 4.67. The summed E-state index contributed by atoms with van der Waals surface area (Å²) in [6.07, 6.45) is 2.98. The molecule has 1 fully saturated rings. The van der Waals surface area contributed by atoms with Gasteiger partial charge in [0.15, 0.2) is 5.96 Å². The number of nitrogens with one attached hydrogen (secondary N) is 2. The van der Waals surface area contributed by atoms with Gasteiger partial charge in [0, 0.05) is 25.6 Å². The Morgan fingerprint density at radius 3 is 2.42 bits per heavy atom. The van der Waals surface area contributed by atoms with E-state index in [-0.39, 0.29) is 11.2 Å². The lowest BCUT2D eigenvalue weighted by Gasteiger charge is -2.19. The topological polar surface area (TPSA) is 36.4 Å². The summed E-state index contributed by atoms with van der Waals surface area (Å²) in [6, 6.07) is 17.5. The van der Waals surface area contributed by atoms with Gasteiger partial charge in [0.2, 0.25) is 0 Å². The second-order valence-electron chi connectivity index (χ2n) is 6.35. The van der Waals surface area contributed by atoms with Crippen molar-refractivity contribution in [3.8, 4) is 0 Å². The molecule has 126 valence electrons. The van der Waals surface area contributed by atoms with E-state index in [1.165, 1.54) is 5.56 Å². The van der Waals surface area contributed by atoms with Gasteiger partial charge in [-0.25, -0.2) is 4.39 Å². The maximum Gasteiger partial charge on any atom is 0.191 e. The van der Waals surface area contributed by atoms with Crippen LogP contribution in [0.3, 0.4) is 0 Å². The molecule has 4 heteroatoms. The summed E-state index contributed by atoms with van der Waals surface area (Å²) in [5.74, 6) is 0.664. The van der Waals surface area contributed by atoms with Crippen molar-refractivity contribution in [2.45, 2.75) is 24.7 Å². The van der Waals surface area contributed by atoms with Crippen LogP contribution < -0.4 is 10.6 Å². The Morgan fingerprint density at radius 2 is 1.75 bits per heavy atom. The van der Waals surface area contributed by atoms with Crippen LogP contribution in [0.15, 0.2) is 59.6 Å². The predicted octanol–water partition coefficient (Wildman–Crippen LogP) is 3.27. The van der Waals surface area contributed by atoms with Crippen LogP contribution in [-0.4, -0.2) is 26.1 Å². The van der Waals surface area contributed by atoms with Gasteiger partial charge >= 0.3 is 0 Å². The summed E-state index contributed by atoms with van der Waals surface area (Å²) in [5, 5.41) is 6.69. The van der Waals surface area contributed by atoms with Crippen LogP contribution in [0.2, 0.25) is 0 Å². The number of hydrogen-bond donors (Lipinski definition) is 2. The van der Waals surface area contributed by atoms with Gasteiger partial charge in [0.05, 0.1) is 0 Å². The summed E-state index contributed by atoms with van der Waals surface area (Å²) in [6.45, 7) is 1.52. The first-order chi connectivity index (χ1) is 11.7. The van der Waals surface area contributed by atoms with Crippen molar-refractivity contribution in [1.29, 1.82) is 0 Å². The van der Waals surface area contributed by atoms with Crippen molar-refractivity contribution in [1.82, 2.24) is 10.6 Å². The molecule has 0 spiro atoms. The molecule has 2 aromatic carbocycles. The van der Waals surface area contributed by atoms with Gasteiger partial charge in [0.1, 0.15) is 5.82 Å². The summed E-state index contributed by atoms with van der Waals surface area (Å²) in [5.41, 5.74) is 2.03. The van der Waals surface area contributed by atoms with E-state index < -0.39 is 0 Å². The molecule has 0 unspecified atom stereocenters. The van der Waals surface area contributed by atoms with Gasteiger partial charge in [-0.1, -0.05) is 48.5 Å². The molecule has 0 aliphatic heterocycles. The molecule has 3 nitrogen and oxygen atoms in total. The maximum atomic E-state index is 14.0. The number of rotatable bonds is 6. The Bertz CT molecular complexity index is 693. The van der Waals surface area contributed by atoms with E-state index >= 15 is 0 Å². The fourth-order valence-corrected chi connectivity index (χ4v) is 3.03. The number of guanidine groups is 1. The largest absolute Gasteiger partial charge is 0.356 e. The molecule has 0 radical (unpaired) electrons. The first kappa shape index (κ1) is 16.5. The van der Waals surface area contributed by atoms with Crippen molar-refractivity contribution in [2.75, 3.05) is 20.1 Å². The average molecular weight is 325 g/mol. The number of halogens is 1. The zero-order valence-corrected chi connectivity index (χ0v) is 14.1. The minimum atomic E-state index is -0.108.